The second kappa shape index (κ2) is 3.88. The lowest BCUT2D eigenvalue weighted by Gasteiger charge is -2.56. The van der Waals surface area contributed by atoms with Crippen LogP contribution in [0.2, 0.25) is 0 Å². The zero-order chi connectivity index (χ0) is 13.3. The van der Waals surface area contributed by atoms with E-state index in [1.54, 1.807) is 0 Å². The van der Waals surface area contributed by atoms with Crippen molar-refractivity contribution in [3.8, 4) is 0 Å². The summed E-state index contributed by atoms with van der Waals surface area (Å²) in [5.74, 6) is 4.51. The molecule has 0 radical (unpaired) electrons. The van der Waals surface area contributed by atoms with Crippen molar-refractivity contribution >= 4 is 0 Å². The Bertz CT molecular complexity index is 522. The van der Waals surface area contributed by atoms with Gasteiger partial charge in [0.2, 0.25) is 0 Å². The fraction of sp³-hybridized carbons (Fsp3) is 0.824. The molecule has 0 atom stereocenters. The van der Waals surface area contributed by atoms with E-state index < -0.39 is 0 Å². The van der Waals surface area contributed by atoms with Gasteiger partial charge >= 0.3 is 0 Å². The molecule has 108 valence electrons. The number of hydrogen-bond acceptors (Lipinski definition) is 2. The van der Waals surface area contributed by atoms with Crippen molar-refractivity contribution in [2.45, 2.75) is 64.0 Å². The highest BCUT2D eigenvalue weighted by atomic mass is 15.2. The summed E-state index contributed by atoms with van der Waals surface area (Å²) in [5, 5.41) is 3.51. The summed E-state index contributed by atoms with van der Waals surface area (Å²) in [6, 6.07) is 0. The van der Waals surface area contributed by atoms with Crippen molar-refractivity contribution in [1.82, 2.24) is 14.9 Å². The van der Waals surface area contributed by atoms with Gasteiger partial charge in [0.05, 0.1) is 11.4 Å². The molecule has 4 fully saturated rings. The molecule has 0 spiro atoms. The largest absolute Gasteiger partial charge is 0.329 e. The van der Waals surface area contributed by atoms with Gasteiger partial charge < -0.3 is 9.88 Å². The van der Waals surface area contributed by atoms with E-state index in [0.29, 0.717) is 5.41 Å². The number of aryl methyl sites for hydroxylation is 1. The highest BCUT2D eigenvalue weighted by Crippen LogP contribution is 2.60. The molecule has 5 aliphatic rings. The van der Waals surface area contributed by atoms with Gasteiger partial charge in [0.15, 0.2) is 0 Å². The van der Waals surface area contributed by atoms with Crippen LogP contribution in [0, 0.1) is 24.7 Å². The number of nitrogens with one attached hydrogen (secondary N) is 1. The van der Waals surface area contributed by atoms with E-state index in [1.165, 1.54) is 55.7 Å². The second-order valence-electron chi connectivity index (χ2n) is 7.99. The average Bonchev–Trinajstić information content (AvgIpc) is 2.76. The minimum atomic E-state index is 0.453. The zero-order valence-electron chi connectivity index (χ0n) is 12.5. The first kappa shape index (κ1) is 11.8. The maximum Gasteiger partial charge on any atom is 0.115 e. The molecule has 0 saturated heterocycles. The summed E-state index contributed by atoms with van der Waals surface area (Å²) in [6.45, 7) is 5.48. The predicted octanol–water partition coefficient (Wildman–Crippen LogP) is 2.76. The van der Waals surface area contributed by atoms with E-state index in [4.69, 9.17) is 4.98 Å². The molecular weight excluding hydrogens is 246 g/mol. The van der Waals surface area contributed by atoms with Gasteiger partial charge in [-0.1, -0.05) is 0 Å². The second-order valence-corrected chi connectivity index (χ2v) is 7.99. The molecule has 0 aromatic carbocycles. The molecular formula is C17H25N3. The third-order valence-electron chi connectivity index (χ3n) is 6.59. The smallest absolute Gasteiger partial charge is 0.115 e. The topological polar surface area (TPSA) is 29.9 Å². The first-order valence-corrected chi connectivity index (χ1v) is 8.51. The average molecular weight is 271 g/mol. The van der Waals surface area contributed by atoms with Crippen LogP contribution in [0.5, 0.6) is 0 Å². The lowest BCUT2D eigenvalue weighted by Crippen LogP contribution is -2.50. The van der Waals surface area contributed by atoms with E-state index in [9.17, 15) is 0 Å². The van der Waals surface area contributed by atoms with Crippen molar-refractivity contribution in [3.63, 3.8) is 0 Å². The van der Waals surface area contributed by atoms with Gasteiger partial charge in [-0.15, -0.1) is 0 Å². The molecule has 20 heavy (non-hydrogen) atoms. The van der Waals surface area contributed by atoms with E-state index in [2.05, 4.69) is 16.8 Å². The number of rotatable bonds is 1. The van der Waals surface area contributed by atoms with Gasteiger partial charge in [-0.3, -0.25) is 0 Å². The van der Waals surface area contributed by atoms with Gasteiger partial charge in [-0.2, -0.15) is 0 Å². The molecule has 1 aliphatic heterocycles. The van der Waals surface area contributed by atoms with Crippen LogP contribution < -0.4 is 5.32 Å². The third kappa shape index (κ3) is 1.47. The van der Waals surface area contributed by atoms with E-state index >= 15 is 0 Å². The Hall–Kier alpha value is -0.830. The van der Waals surface area contributed by atoms with Crippen LogP contribution in [0.4, 0.5) is 0 Å². The Morgan fingerprint density at radius 1 is 1.10 bits per heavy atom. The maximum atomic E-state index is 5.11. The van der Waals surface area contributed by atoms with Crippen LogP contribution >= 0.6 is 0 Å². The maximum absolute atomic E-state index is 5.11. The number of imidazole rings is 1. The molecule has 6 rings (SSSR count). The number of hydrogen-bond donors (Lipinski definition) is 1. The lowest BCUT2D eigenvalue weighted by atomic mass is 9.49. The van der Waals surface area contributed by atoms with Crippen LogP contribution in [0.3, 0.4) is 0 Å². The molecule has 3 nitrogen and oxygen atoms in total. The highest BCUT2D eigenvalue weighted by molar-refractivity contribution is 5.26. The Morgan fingerprint density at radius 3 is 2.40 bits per heavy atom. The van der Waals surface area contributed by atoms with Gasteiger partial charge in [-0.05, 0) is 63.2 Å². The van der Waals surface area contributed by atoms with E-state index in [1.807, 2.05) is 0 Å². The molecule has 1 aromatic rings. The predicted molar refractivity (Wildman–Crippen MR) is 78.5 cm³/mol. The van der Waals surface area contributed by atoms with Crippen LogP contribution in [-0.4, -0.2) is 16.1 Å². The van der Waals surface area contributed by atoms with Crippen LogP contribution in [0.15, 0.2) is 0 Å². The van der Waals surface area contributed by atoms with E-state index in [-0.39, 0.29) is 0 Å². The Kier molecular flexibility index (Phi) is 2.29. The van der Waals surface area contributed by atoms with Crippen LogP contribution in [-0.2, 0) is 18.5 Å². The van der Waals surface area contributed by atoms with Crippen LogP contribution in [0.25, 0.3) is 0 Å². The summed E-state index contributed by atoms with van der Waals surface area (Å²) in [5.41, 5.74) is 3.19. The highest BCUT2D eigenvalue weighted by Gasteiger charge is 2.53. The first-order chi connectivity index (χ1) is 9.73. The van der Waals surface area contributed by atoms with Gasteiger partial charge in [0.1, 0.15) is 5.82 Å². The summed E-state index contributed by atoms with van der Waals surface area (Å²) < 4.78 is 2.60. The molecule has 1 aromatic heterocycles. The third-order valence-corrected chi connectivity index (χ3v) is 6.59. The van der Waals surface area contributed by atoms with Gasteiger partial charge in [-0.25, -0.2) is 4.98 Å². The quantitative estimate of drug-likeness (QED) is 0.851. The Balaban J connectivity index is 1.63. The van der Waals surface area contributed by atoms with Crippen molar-refractivity contribution < 1.29 is 0 Å². The van der Waals surface area contributed by atoms with Crippen LogP contribution in [0.1, 0.15) is 55.7 Å². The lowest BCUT2D eigenvalue weighted by molar-refractivity contribution is -0.0112. The molecule has 1 N–H and O–H groups in total. The molecule has 3 heteroatoms. The van der Waals surface area contributed by atoms with Crippen molar-refractivity contribution in [3.05, 3.63) is 17.2 Å². The molecule has 2 heterocycles. The normalized spacial score (nSPS) is 42.0. The molecule has 4 bridgehead atoms. The van der Waals surface area contributed by atoms with Gasteiger partial charge in [0, 0.05) is 25.0 Å². The summed E-state index contributed by atoms with van der Waals surface area (Å²) in [4.78, 5) is 5.11. The number of fused-ring (bicyclic) bond motifs is 1. The standard InChI is InChI=1S/C17H25N3/c1-11-15-10-18-2-3-20(15)16(19-11)17-7-12-4-13(8-17)6-14(5-12)9-17/h12-14,18H,2-10H2,1H3. The monoisotopic (exact) mass is 271 g/mol. The minimum absolute atomic E-state index is 0.453. The Morgan fingerprint density at radius 2 is 1.75 bits per heavy atom. The first-order valence-electron chi connectivity index (χ1n) is 8.51. The van der Waals surface area contributed by atoms with Crippen molar-refractivity contribution in [1.29, 1.82) is 0 Å². The number of aromatic nitrogens is 2. The Labute approximate surface area is 121 Å². The molecule has 4 saturated carbocycles. The minimum Gasteiger partial charge on any atom is -0.329 e. The molecule has 0 unspecified atom stereocenters. The van der Waals surface area contributed by atoms with E-state index in [0.717, 1.165) is 37.4 Å². The zero-order valence-corrected chi connectivity index (χ0v) is 12.5. The SMILES string of the molecule is Cc1nc(C23CC4CC(CC(C4)C2)C3)n2c1CNCC2. The molecule has 4 aliphatic carbocycles. The summed E-state index contributed by atoms with van der Waals surface area (Å²) in [7, 11) is 0. The summed E-state index contributed by atoms with van der Waals surface area (Å²) >= 11 is 0. The fourth-order valence-corrected chi connectivity index (χ4v) is 6.26. The van der Waals surface area contributed by atoms with Crippen molar-refractivity contribution in [2.75, 3.05) is 6.54 Å². The van der Waals surface area contributed by atoms with Gasteiger partial charge in [0.25, 0.3) is 0 Å². The number of nitrogens with zero attached hydrogens (tertiary/aromatic N) is 2. The fourth-order valence-electron chi connectivity index (χ4n) is 6.26. The van der Waals surface area contributed by atoms with Crippen molar-refractivity contribution in [2.24, 2.45) is 17.8 Å². The summed E-state index contributed by atoms with van der Waals surface area (Å²) in [6.07, 6.45) is 8.86. The molecule has 0 amide bonds.